The summed E-state index contributed by atoms with van der Waals surface area (Å²) in [5.74, 6) is 1.32. The summed E-state index contributed by atoms with van der Waals surface area (Å²) in [5, 5.41) is 0. The maximum atomic E-state index is 12.6. The van der Waals surface area contributed by atoms with Crippen molar-refractivity contribution in [3.05, 3.63) is 83.9 Å². The van der Waals surface area contributed by atoms with Crippen LogP contribution >= 0.6 is 0 Å². The Morgan fingerprint density at radius 2 is 1.76 bits per heavy atom. The Bertz CT molecular complexity index is 1020. The van der Waals surface area contributed by atoms with Gasteiger partial charge in [0.2, 0.25) is 0 Å². The first kappa shape index (κ1) is 22.7. The molecule has 0 atom stereocenters. The van der Waals surface area contributed by atoms with Crippen molar-refractivity contribution in [2.45, 2.75) is 19.8 Å². The van der Waals surface area contributed by atoms with Crippen molar-refractivity contribution in [3.63, 3.8) is 0 Å². The van der Waals surface area contributed by atoms with Crippen molar-refractivity contribution >= 4 is 6.09 Å². The molecule has 0 radical (unpaired) electrons. The van der Waals surface area contributed by atoms with Crippen LogP contribution in [-0.4, -0.2) is 65.2 Å². The van der Waals surface area contributed by atoms with Gasteiger partial charge in [0, 0.05) is 63.2 Å². The van der Waals surface area contributed by atoms with E-state index in [1.807, 2.05) is 55.5 Å². The zero-order chi connectivity index (χ0) is 22.9. The van der Waals surface area contributed by atoms with E-state index >= 15 is 0 Å². The van der Waals surface area contributed by atoms with E-state index in [9.17, 15) is 4.79 Å². The summed E-state index contributed by atoms with van der Waals surface area (Å²) in [4.78, 5) is 25.3. The van der Waals surface area contributed by atoms with E-state index in [1.54, 1.807) is 17.3 Å². The number of aromatic nitrogens is 2. The van der Waals surface area contributed by atoms with Crippen LogP contribution in [0.2, 0.25) is 0 Å². The van der Waals surface area contributed by atoms with Gasteiger partial charge >= 0.3 is 6.09 Å². The number of ether oxygens (including phenoxy) is 2. The third-order valence-electron chi connectivity index (χ3n) is 5.68. The van der Waals surface area contributed by atoms with E-state index in [0.29, 0.717) is 25.4 Å². The number of aryl methyl sites for hydroxylation is 1. The van der Waals surface area contributed by atoms with Crippen LogP contribution in [0.4, 0.5) is 4.79 Å². The van der Waals surface area contributed by atoms with Crippen LogP contribution < -0.4 is 9.47 Å². The number of hydrogen-bond acceptors (Lipinski definition) is 6. The average molecular weight is 447 g/mol. The molecule has 7 nitrogen and oxygen atoms in total. The number of rotatable bonds is 8. The number of hydrogen-bond donors (Lipinski definition) is 0. The van der Waals surface area contributed by atoms with Gasteiger partial charge in [0.1, 0.15) is 11.5 Å². The predicted octanol–water partition coefficient (Wildman–Crippen LogP) is 3.77. The highest BCUT2D eigenvalue weighted by Crippen LogP contribution is 2.15. The molecule has 0 spiro atoms. The van der Waals surface area contributed by atoms with Gasteiger partial charge in [0.15, 0.2) is 0 Å². The van der Waals surface area contributed by atoms with Gasteiger partial charge in [0.25, 0.3) is 0 Å². The lowest BCUT2D eigenvalue weighted by Crippen LogP contribution is -2.49. The Labute approximate surface area is 195 Å². The molecule has 2 aromatic heterocycles. The third-order valence-corrected chi connectivity index (χ3v) is 5.68. The summed E-state index contributed by atoms with van der Waals surface area (Å²) in [7, 11) is 0. The second-order valence-electron chi connectivity index (χ2n) is 8.15. The zero-order valence-corrected chi connectivity index (χ0v) is 19.0. The zero-order valence-electron chi connectivity index (χ0n) is 19.0. The maximum absolute atomic E-state index is 12.6. The molecule has 7 heteroatoms. The number of carbonyl (C=O) groups excluding carboxylic acids is 1. The van der Waals surface area contributed by atoms with Gasteiger partial charge in [-0.15, -0.1) is 0 Å². The standard InChI is InChI=1S/C26H30N4O3/c1-21-4-2-5-23(28-21)11-14-29-15-17-30(18-16-29)26(31)33-24-9-7-22(8-10-24)12-19-32-25-6-3-13-27-20-25/h2-10,13,20H,11-12,14-19H2,1H3. The SMILES string of the molecule is Cc1cccc(CCN2CCN(C(=O)Oc3ccc(CCOc4cccnc4)cc3)CC2)n1. The predicted molar refractivity (Wildman–Crippen MR) is 127 cm³/mol. The summed E-state index contributed by atoms with van der Waals surface area (Å²) in [5.41, 5.74) is 3.28. The molecule has 33 heavy (non-hydrogen) atoms. The number of benzene rings is 1. The van der Waals surface area contributed by atoms with Crippen LogP contribution in [-0.2, 0) is 12.8 Å². The molecule has 1 aliphatic rings. The lowest BCUT2D eigenvalue weighted by Gasteiger charge is -2.33. The van der Waals surface area contributed by atoms with Gasteiger partial charge in [0.05, 0.1) is 12.8 Å². The molecule has 1 aliphatic heterocycles. The summed E-state index contributed by atoms with van der Waals surface area (Å²) in [6, 6.07) is 17.5. The molecular formula is C26H30N4O3. The Morgan fingerprint density at radius 3 is 2.48 bits per heavy atom. The molecule has 0 N–H and O–H groups in total. The van der Waals surface area contributed by atoms with Crippen LogP contribution in [0.1, 0.15) is 17.0 Å². The van der Waals surface area contributed by atoms with Crippen molar-refractivity contribution in [3.8, 4) is 11.5 Å². The van der Waals surface area contributed by atoms with Gasteiger partial charge in [-0.1, -0.05) is 18.2 Å². The molecule has 0 aliphatic carbocycles. The fourth-order valence-electron chi connectivity index (χ4n) is 3.77. The van der Waals surface area contributed by atoms with E-state index in [2.05, 4.69) is 20.9 Å². The molecule has 1 saturated heterocycles. The van der Waals surface area contributed by atoms with Crippen molar-refractivity contribution in [1.29, 1.82) is 0 Å². The van der Waals surface area contributed by atoms with Gasteiger partial charge in [-0.05, 0) is 48.9 Å². The third kappa shape index (κ3) is 7.02. The molecule has 0 bridgehead atoms. The fraction of sp³-hybridized carbons (Fsp3) is 0.346. The molecule has 1 amide bonds. The van der Waals surface area contributed by atoms with E-state index in [4.69, 9.17) is 9.47 Å². The van der Waals surface area contributed by atoms with Gasteiger partial charge in [-0.25, -0.2) is 4.79 Å². The number of amides is 1. The highest BCUT2D eigenvalue weighted by molar-refractivity contribution is 5.70. The summed E-state index contributed by atoms with van der Waals surface area (Å²) >= 11 is 0. The van der Waals surface area contributed by atoms with Gasteiger partial charge in [-0.3, -0.25) is 14.9 Å². The van der Waals surface area contributed by atoms with E-state index in [-0.39, 0.29) is 6.09 Å². The minimum atomic E-state index is -0.289. The fourth-order valence-corrected chi connectivity index (χ4v) is 3.77. The number of carbonyl (C=O) groups is 1. The van der Waals surface area contributed by atoms with E-state index in [0.717, 1.165) is 55.2 Å². The van der Waals surface area contributed by atoms with Crippen LogP contribution in [0.15, 0.2) is 67.0 Å². The minimum Gasteiger partial charge on any atom is -0.492 e. The Morgan fingerprint density at radius 1 is 0.939 bits per heavy atom. The van der Waals surface area contributed by atoms with Crippen LogP contribution in [0.25, 0.3) is 0 Å². The number of piperazine rings is 1. The van der Waals surface area contributed by atoms with Crippen LogP contribution in [0.3, 0.4) is 0 Å². The van der Waals surface area contributed by atoms with Crippen LogP contribution in [0.5, 0.6) is 11.5 Å². The molecule has 1 aromatic carbocycles. The summed E-state index contributed by atoms with van der Waals surface area (Å²) in [6.07, 6.45) is 4.82. The lowest BCUT2D eigenvalue weighted by molar-refractivity contribution is 0.111. The first-order chi connectivity index (χ1) is 16.2. The number of pyridine rings is 2. The summed E-state index contributed by atoms with van der Waals surface area (Å²) in [6.45, 7) is 6.56. The summed E-state index contributed by atoms with van der Waals surface area (Å²) < 4.78 is 11.3. The van der Waals surface area contributed by atoms with E-state index in [1.165, 1.54) is 0 Å². The molecule has 172 valence electrons. The first-order valence-corrected chi connectivity index (χ1v) is 11.4. The second-order valence-corrected chi connectivity index (χ2v) is 8.15. The first-order valence-electron chi connectivity index (χ1n) is 11.4. The molecule has 1 fully saturated rings. The van der Waals surface area contributed by atoms with Gasteiger partial charge < -0.3 is 14.4 Å². The second kappa shape index (κ2) is 11.4. The largest absolute Gasteiger partial charge is 0.492 e. The Kier molecular flexibility index (Phi) is 7.87. The van der Waals surface area contributed by atoms with Crippen molar-refractivity contribution in [2.24, 2.45) is 0 Å². The average Bonchev–Trinajstić information content (AvgIpc) is 2.85. The quantitative estimate of drug-likeness (QED) is 0.525. The molecule has 3 aromatic rings. The molecule has 0 unspecified atom stereocenters. The molecular weight excluding hydrogens is 416 g/mol. The van der Waals surface area contributed by atoms with Gasteiger partial charge in [-0.2, -0.15) is 0 Å². The Hall–Kier alpha value is -3.45. The van der Waals surface area contributed by atoms with Crippen molar-refractivity contribution < 1.29 is 14.3 Å². The maximum Gasteiger partial charge on any atom is 0.415 e. The number of nitrogens with zero attached hydrogens (tertiary/aromatic N) is 4. The molecule has 3 heterocycles. The Balaban J connectivity index is 1.16. The monoisotopic (exact) mass is 446 g/mol. The smallest absolute Gasteiger partial charge is 0.415 e. The normalized spacial score (nSPS) is 14.2. The highest BCUT2D eigenvalue weighted by atomic mass is 16.6. The highest BCUT2D eigenvalue weighted by Gasteiger charge is 2.22. The molecule has 4 rings (SSSR count). The van der Waals surface area contributed by atoms with Crippen molar-refractivity contribution in [2.75, 3.05) is 39.3 Å². The molecule has 0 saturated carbocycles. The van der Waals surface area contributed by atoms with E-state index < -0.39 is 0 Å². The lowest BCUT2D eigenvalue weighted by atomic mass is 10.1. The van der Waals surface area contributed by atoms with Crippen molar-refractivity contribution in [1.82, 2.24) is 19.8 Å². The minimum absolute atomic E-state index is 0.289. The van der Waals surface area contributed by atoms with Crippen LogP contribution in [0, 0.1) is 6.92 Å². The topological polar surface area (TPSA) is 67.8 Å².